The maximum atomic E-state index is 11.5. The maximum Gasteiger partial charge on any atom is 0.306 e. The summed E-state index contributed by atoms with van der Waals surface area (Å²) in [6.07, 6.45) is 7.84. The zero-order valence-electron chi connectivity index (χ0n) is 12.7. The van der Waals surface area contributed by atoms with Gasteiger partial charge in [-0.1, -0.05) is 26.2 Å². The molecule has 0 aromatic carbocycles. The van der Waals surface area contributed by atoms with Crippen molar-refractivity contribution in [1.82, 2.24) is 5.32 Å². The van der Waals surface area contributed by atoms with Gasteiger partial charge in [-0.05, 0) is 32.6 Å². The molecule has 0 saturated heterocycles. The molecule has 0 bridgehead atoms. The first-order chi connectivity index (χ1) is 9.06. The summed E-state index contributed by atoms with van der Waals surface area (Å²) >= 11 is 0. The van der Waals surface area contributed by atoms with Gasteiger partial charge in [-0.15, -0.1) is 0 Å². The summed E-state index contributed by atoms with van der Waals surface area (Å²) in [5, 5.41) is 2.71. The fraction of sp³-hybridized carbons (Fsp3) is 0.867. The number of nitrogens with one attached hydrogen (secondary N) is 1. The molecule has 0 aliphatic carbocycles. The fourth-order valence-electron chi connectivity index (χ4n) is 1.86. The van der Waals surface area contributed by atoms with Crippen LogP contribution in [0.5, 0.6) is 0 Å². The van der Waals surface area contributed by atoms with E-state index in [1.807, 2.05) is 6.92 Å². The molecule has 0 fully saturated rings. The van der Waals surface area contributed by atoms with E-state index in [-0.39, 0.29) is 18.0 Å². The van der Waals surface area contributed by atoms with Crippen molar-refractivity contribution in [1.29, 1.82) is 0 Å². The first-order valence-electron chi connectivity index (χ1n) is 7.50. The number of ether oxygens (including phenoxy) is 1. The Labute approximate surface area is 117 Å². The van der Waals surface area contributed by atoms with Gasteiger partial charge >= 0.3 is 5.97 Å². The molecule has 0 aliphatic rings. The second-order valence-corrected chi connectivity index (χ2v) is 5.09. The van der Waals surface area contributed by atoms with Gasteiger partial charge in [0.1, 0.15) is 0 Å². The molecule has 0 spiro atoms. The van der Waals surface area contributed by atoms with Gasteiger partial charge in [-0.3, -0.25) is 9.59 Å². The van der Waals surface area contributed by atoms with Crippen molar-refractivity contribution < 1.29 is 14.3 Å². The quantitative estimate of drug-likeness (QED) is 0.464. The molecule has 0 aromatic heterocycles. The van der Waals surface area contributed by atoms with Crippen molar-refractivity contribution in [3.8, 4) is 0 Å². The van der Waals surface area contributed by atoms with Crippen molar-refractivity contribution in [3.05, 3.63) is 0 Å². The fourth-order valence-corrected chi connectivity index (χ4v) is 1.86. The molecule has 0 rings (SSSR count). The summed E-state index contributed by atoms with van der Waals surface area (Å²) in [4.78, 5) is 22.2. The molecule has 1 unspecified atom stereocenters. The Balaban J connectivity index is 3.43. The Morgan fingerprint density at radius 2 is 1.84 bits per heavy atom. The van der Waals surface area contributed by atoms with Gasteiger partial charge in [-0.2, -0.15) is 0 Å². The number of rotatable bonds is 11. The standard InChI is InChI=1S/C15H29NO3/c1-4-5-6-7-10-13(2)19-15(18)11-8-9-12-16-14(3)17/h13H,4-12H2,1-3H3,(H,16,17). The third-order valence-corrected chi connectivity index (χ3v) is 2.98. The van der Waals surface area contributed by atoms with Gasteiger partial charge < -0.3 is 10.1 Å². The average Bonchev–Trinajstić information content (AvgIpc) is 2.34. The molecule has 0 heterocycles. The number of amides is 1. The van der Waals surface area contributed by atoms with E-state index in [0.717, 1.165) is 25.7 Å². The molecule has 0 aliphatic heterocycles. The molecule has 4 heteroatoms. The first kappa shape index (κ1) is 17.9. The lowest BCUT2D eigenvalue weighted by Gasteiger charge is -2.13. The van der Waals surface area contributed by atoms with E-state index in [2.05, 4.69) is 12.2 Å². The van der Waals surface area contributed by atoms with Gasteiger partial charge in [0.25, 0.3) is 0 Å². The Morgan fingerprint density at radius 3 is 2.47 bits per heavy atom. The normalized spacial score (nSPS) is 11.9. The first-order valence-corrected chi connectivity index (χ1v) is 7.50. The van der Waals surface area contributed by atoms with Crippen molar-refractivity contribution in [2.24, 2.45) is 0 Å². The molecule has 4 nitrogen and oxygen atoms in total. The van der Waals surface area contributed by atoms with Crippen LogP contribution in [0, 0.1) is 0 Å². The van der Waals surface area contributed by atoms with Crippen LogP contribution < -0.4 is 5.32 Å². The van der Waals surface area contributed by atoms with Gasteiger partial charge in [0.15, 0.2) is 0 Å². The summed E-state index contributed by atoms with van der Waals surface area (Å²) < 4.78 is 5.33. The molecule has 0 aromatic rings. The summed E-state index contributed by atoms with van der Waals surface area (Å²) in [5.74, 6) is -0.144. The van der Waals surface area contributed by atoms with Gasteiger partial charge in [-0.25, -0.2) is 0 Å². The van der Waals surface area contributed by atoms with Crippen LogP contribution in [0.15, 0.2) is 0 Å². The van der Waals surface area contributed by atoms with Crippen LogP contribution in [-0.2, 0) is 14.3 Å². The molecule has 0 radical (unpaired) electrons. The van der Waals surface area contributed by atoms with Crippen molar-refractivity contribution >= 4 is 11.9 Å². The predicted octanol–water partition coefficient (Wildman–Crippen LogP) is 3.19. The highest BCUT2D eigenvalue weighted by atomic mass is 16.5. The molecule has 19 heavy (non-hydrogen) atoms. The van der Waals surface area contributed by atoms with Gasteiger partial charge in [0.2, 0.25) is 5.91 Å². The Bertz CT molecular complexity index is 254. The minimum Gasteiger partial charge on any atom is -0.463 e. The summed E-state index contributed by atoms with van der Waals surface area (Å²) in [6.45, 7) is 6.27. The number of carbonyl (C=O) groups excluding carboxylic acids is 2. The monoisotopic (exact) mass is 271 g/mol. The molecule has 1 amide bonds. The largest absolute Gasteiger partial charge is 0.463 e. The number of unbranched alkanes of at least 4 members (excludes halogenated alkanes) is 4. The highest BCUT2D eigenvalue weighted by Gasteiger charge is 2.08. The third-order valence-electron chi connectivity index (χ3n) is 2.98. The van der Waals surface area contributed by atoms with Crippen LogP contribution in [0.2, 0.25) is 0 Å². The SMILES string of the molecule is CCCCCCC(C)OC(=O)CCCCNC(C)=O. The lowest BCUT2D eigenvalue weighted by Crippen LogP contribution is -2.21. The lowest BCUT2D eigenvalue weighted by molar-refractivity contribution is -0.148. The Morgan fingerprint density at radius 1 is 1.11 bits per heavy atom. The second-order valence-electron chi connectivity index (χ2n) is 5.09. The number of carbonyl (C=O) groups is 2. The van der Waals surface area contributed by atoms with E-state index in [0.29, 0.717) is 13.0 Å². The van der Waals surface area contributed by atoms with Crippen molar-refractivity contribution in [2.75, 3.05) is 6.54 Å². The number of hydrogen-bond acceptors (Lipinski definition) is 3. The van der Waals surface area contributed by atoms with Crippen LogP contribution in [0.4, 0.5) is 0 Å². The second kappa shape index (κ2) is 12.0. The minimum atomic E-state index is -0.120. The van der Waals surface area contributed by atoms with E-state index < -0.39 is 0 Å². The van der Waals surface area contributed by atoms with E-state index in [4.69, 9.17) is 4.74 Å². The van der Waals surface area contributed by atoms with Crippen molar-refractivity contribution in [3.63, 3.8) is 0 Å². The van der Waals surface area contributed by atoms with Crippen LogP contribution in [0.25, 0.3) is 0 Å². The third kappa shape index (κ3) is 13.2. The van der Waals surface area contributed by atoms with Crippen molar-refractivity contribution in [2.45, 2.75) is 78.2 Å². The maximum absolute atomic E-state index is 11.5. The Kier molecular flexibility index (Phi) is 11.3. The summed E-state index contributed by atoms with van der Waals surface area (Å²) in [5.41, 5.74) is 0. The van der Waals surface area contributed by atoms with Crippen LogP contribution in [-0.4, -0.2) is 24.5 Å². The predicted molar refractivity (Wildman–Crippen MR) is 76.8 cm³/mol. The van der Waals surface area contributed by atoms with Gasteiger partial charge in [0, 0.05) is 19.9 Å². The van der Waals surface area contributed by atoms with Gasteiger partial charge in [0.05, 0.1) is 6.10 Å². The highest BCUT2D eigenvalue weighted by Crippen LogP contribution is 2.09. The van der Waals surface area contributed by atoms with E-state index >= 15 is 0 Å². The zero-order valence-corrected chi connectivity index (χ0v) is 12.7. The topological polar surface area (TPSA) is 55.4 Å². The molecule has 1 N–H and O–H groups in total. The molecule has 0 saturated carbocycles. The molecular formula is C15H29NO3. The Hall–Kier alpha value is -1.06. The van der Waals surface area contributed by atoms with Crippen LogP contribution >= 0.6 is 0 Å². The van der Waals surface area contributed by atoms with E-state index in [1.165, 1.54) is 26.2 Å². The molecule has 112 valence electrons. The molecule has 1 atom stereocenters. The van der Waals surface area contributed by atoms with Crippen LogP contribution in [0.1, 0.15) is 72.1 Å². The number of esters is 1. The number of hydrogen-bond donors (Lipinski definition) is 1. The zero-order chi connectivity index (χ0) is 14.5. The van der Waals surface area contributed by atoms with Crippen LogP contribution in [0.3, 0.4) is 0 Å². The highest BCUT2D eigenvalue weighted by molar-refractivity contribution is 5.72. The smallest absolute Gasteiger partial charge is 0.306 e. The molecular weight excluding hydrogens is 242 g/mol. The summed E-state index contributed by atoms with van der Waals surface area (Å²) in [7, 11) is 0. The lowest BCUT2D eigenvalue weighted by atomic mass is 10.1. The van der Waals surface area contributed by atoms with E-state index in [1.54, 1.807) is 0 Å². The van der Waals surface area contributed by atoms with E-state index in [9.17, 15) is 9.59 Å². The summed E-state index contributed by atoms with van der Waals surface area (Å²) in [6, 6.07) is 0. The average molecular weight is 271 g/mol. The minimum absolute atomic E-state index is 0.0247.